The van der Waals surface area contributed by atoms with Crippen molar-refractivity contribution in [1.29, 1.82) is 0 Å². The highest BCUT2D eigenvalue weighted by atomic mass is 32.2. The predicted molar refractivity (Wildman–Crippen MR) is 81.4 cm³/mol. The summed E-state index contributed by atoms with van der Waals surface area (Å²) in [5.41, 5.74) is 0.285. The number of fused-ring (bicyclic) bond motifs is 4. The van der Waals surface area contributed by atoms with E-state index in [1.54, 1.807) is 0 Å². The zero-order valence-corrected chi connectivity index (χ0v) is 12.6. The maximum absolute atomic E-state index is 13.4. The summed E-state index contributed by atoms with van der Waals surface area (Å²) < 4.78 is 52.1. The second kappa shape index (κ2) is 4.57. The summed E-state index contributed by atoms with van der Waals surface area (Å²) in [5, 5.41) is 11.5. The maximum Gasteiger partial charge on any atom is 0.270 e. The van der Waals surface area contributed by atoms with Crippen LogP contribution in [0.25, 0.3) is 21.9 Å². The topological polar surface area (TPSA) is 77.3 Å². The van der Waals surface area contributed by atoms with Gasteiger partial charge in [-0.05, 0) is 41.1 Å². The smallest absolute Gasteiger partial charge is 0.258 e. The number of hydrogen-bond acceptors (Lipinski definition) is 4. The molecule has 4 rings (SSSR count). The van der Waals surface area contributed by atoms with Crippen LogP contribution in [0.5, 0.6) is 0 Å². The van der Waals surface area contributed by atoms with Crippen LogP contribution >= 0.6 is 0 Å². The SMILES string of the molecule is O=[N+]([O-])c1ccc2c(c1)S(=O)(=O)c1cc3cc(F)c(F)cc3cc1-2. The number of hydrogen-bond donors (Lipinski definition) is 0. The summed E-state index contributed by atoms with van der Waals surface area (Å²) in [7, 11) is -3.96. The molecule has 0 saturated carbocycles. The molecule has 0 unspecified atom stereocenters. The van der Waals surface area contributed by atoms with E-state index in [0.717, 1.165) is 18.2 Å². The number of non-ortho nitro benzene ring substituents is 1. The van der Waals surface area contributed by atoms with Gasteiger partial charge in [0.25, 0.3) is 5.69 Å². The molecule has 24 heavy (non-hydrogen) atoms. The Balaban J connectivity index is 2.08. The van der Waals surface area contributed by atoms with E-state index in [4.69, 9.17) is 0 Å². The van der Waals surface area contributed by atoms with Crippen LogP contribution in [0.4, 0.5) is 14.5 Å². The van der Waals surface area contributed by atoms with Crippen molar-refractivity contribution < 1.29 is 22.1 Å². The Kier molecular flexibility index (Phi) is 2.80. The minimum absolute atomic E-state index is 0.0727. The van der Waals surface area contributed by atoms with Crippen molar-refractivity contribution in [3.8, 4) is 11.1 Å². The third kappa shape index (κ3) is 1.86. The lowest BCUT2D eigenvalue weighted by Crippen LogP contribution is -1.98. The molecule has 0 bridgehead atoms. The molecule has 0 amide bonds. The summed E-state index contributed by atoms with van der Waals surface area (Å²) in [6.07, 6.45) is 0. The highest BCUT2D eigenvalue weighted by Crippen LogP contribution is 2.46. The monoisotopic (exact) mass is 347 g/mol. The predicted octanol–water partition coefficient (Wildman–Crippen LogP) is 3.84. The first-order valence-electron chi connectivity index (χ1n) is 6.76. The van der Waals surface area contributed by atoms with Gasteiger partial charge in [-0.2, -0.15) is 0 Å². The fourth-order valence-corrected chi connectivity index (χ4v) is 4.61. The van der Waals surface area contributed by atoms with Crippen LogP contribution in [0.2, 0.25) is 0 Å². The van der Waals surface area contributed by atoms with Gasteiger partial charge < -0.3 is 0 Å². The lowest BCUT2D eigenvalue weighted by atomic mass is 10.0. The first-order chi connectivity index (χ1) is 11.3. The van der Waals surface area contributed by atoms with Gasteiger partial charge in [0.2, 0.25) is 9.84 Å². The summed E-state index contributed by atoms with van der Waals surface area (Å²) in [4.78, 5) is 9.95. The average molecular weight is 347 g/mol. The van der Waals surface area contributed by atoms with Gasteiger partial charge >= 0.3 is 0 Å². The molecule has 3 aromatic carbocycles. The normalized spacial score (nSPS) is 14.4. The van der Waals surface area contributed by atoms with E-state index in [9.17, 15) is 27.3 Å². The number of rotatable bonds is 1. The molecule has 1 heterocycles. The minimum Gasteiger partial charge on any atom is -0.258 e. The fraction of sp³-hybridized carbons (Fsp3) is 0. The van der Waals surface area contributed by atoms with Crippen molar-refractivity contribution in [2.45, 2.75) is 9.79 Å². The number of nitro benzene ring substituents is 1. The van der Waals surface area contributed by atoms with Gasteiger partial charge in [0.15, 0.2) is 11.6 Å². The van der Waals surface area contributed by atoms with Crippen LogP contribution in [-0.4, -0.2) is 13.3 Å². The molecule has 1 aliphatic rings. The van der Waals surface area contributed by atoms with Crippen LogP contribution in [0.3, 0.4) is 0 Å². The first kappa shape index (κ1) is 14.7. The van der Waals surface area contributed by atoms with Crippen molar-refractivity contribution in [3.63, 3.8) is 0 Å². The number of halogens is 2. The van der Waals surface area contributed by atoms with Gasteiger partial charge in [-0.1, -0.05) is 0 Å². The molecule has 3 aromatic rings. The fourth-order valence-electron chi connectivity index (χ4n) is 2.89. The van der Waals surface area contributed by atoms with Gasteiger partial charge in [-0.15, -0.1) is 0 Å². The molecule has 0 aromatic heterocycles. The maximum atomic E-state index is 13.4. The second-order valence-corrected chi connectivity index (χ2v) is 7.29. The van der Waals surface area contributed by atoms with Crippen molar-refractivity contribution in [2.75, 3.05) is 0 Å². The number of benzene rings is 3. The van der Waals surface area contributed by atoms with E-state index < -0.39 is 26.4 Å². The molecular formula is C16H7F2NO4S. The zero-order valence-electron chi connectivity index (χ0n) is 11.8. The van der Waals surface area contributed by atoms with Crippen molar-refractivity contribution in [2.24, 2.45) is 0 Å². The molecule has 0 spiro atoms. The molecule has 120 valence electrons. The second-order valence-electron chi connectivity index (χ2n) is 5.40. The number of nitrogens with zero attached hydrogens (tertiary/aromatic N) is 1. The molecule has 0 saturated heterocycles. The van der Waals surface area contributed by atoms with Gasteiger partial charge in [-0.25, -0.2) is 17.2 Å². The molecule has 0 radical (unpaired) electrons. The number of sulfone groups is 1. The Labute approximate surface area is 134 Å². The molecule has 5 nitrogen and oxygen atoms in total. The molecule has 0 aliphatic carbocycles. The molecule has 0 fully saturated rings. The van der Waals surface area contributed by atoms with E-state index in [1.165, 1.54) is 24.3 Å². The average Bonchev–Trinajstić information content (AvgIpc) is 2.74. The highest BCUT2D eigenvalue weighted by Gasteiger charge is 2.34. The largest absolute Gasteiger partial charge is 0.270 e. The molecule has 0 N–H and O–H groups in total. The van der Waals surface area contributed by atoms with Crippen LogP contribution in [-0.2, 0) is 9.84 Å². The Morgan fingerprint density at radius 1 is 0.833 bits per heavy atom. The standard InChI is InChI=1S/C16H7F2NO4S/c17-13-4-8-3-12-11-2-1-10(19(20)21)7-16(11)24(22,23)15(12)6-9(8)5-14(13)18/h1-7H. The van der Waals surface area contributed by atoms with Crippen molar-refractivity contribution >= 4 is 26.3 Å². The van der Waals surface area contributed by atoms with E-state index in [2.05, 4.69) is 0 Å². The summed E-state index contributed by atoms with van der Waals surface area (Å²) in [5.74, 6) is -2.11. The van der Waals surface area contributed by atoms with Crippen molar-refractivity contribution in [3.05, 3.63) is 64.2 Å². The number of nitro groups is 1. The quantitative estimate of drug-likeness (QED) is 0.387. The zero-order chi connectivity index (χ0) is 17.2. The van der Waals surface area contributed by atoms with Crippen LogP contribution < -0.4 is 0 Å². The van der Waals surface area contributed by atoms with Gasteiger partial charge in [0.05, 0.1) is 14.7 Å². The van der Waals surface area contributed by atoms with E-state index in [-0.39, 0.29) is 20.9 Å². The Bertz CT molecular complexity index is 1170. The van der Waals surface area contributed by atoms with Gasteiger partial charge in [0, 0.05) is 23.3 Å². The van der Waals surface area contributed by atoms with E-state index in [1.807, 2.05) is 0 Å². The van der Waals surface area contributed by atoms with Gasteiger partial charge in [-0.3, -0.25) is 10.1 Å². The lowest BCUT2D eigenvalue weighted by Gasteiger charge is -2.04. The first-order valence-corrected chi connectivity index (χ1v) is 8.24. The lowest BCUT2D eigenvalue weighted by molar-refractivity contribution is -0.385. The van der Waals surface area contributed by atoms with Crippen LogP contribution in [0, 0.1) is 21.7 Å². The molecule has 1 aliphatic heterocycles. The Morgan fingerprint density at radius 2 is 1.42 bits per heavy atom. The third-order valence-corrected chi connectivity index (χ3v) is 5.86. The van der Waals surface area contributed by atoms with Gasteiger partial charge in [0.1, 0.15) is 0 Å². The molecule has 0 atom stereocenters. The molecule has 8 heteroatoms. The Morgan fingerprint density at radius 3 is 2.04 bits per heavy atom. The minimum atomic E-state index is -3.96. The summed E-state index contributed by atoms with van der Waals surface area (Å²) >= 11 is 0. The molecular weight excluding hydrogens is 340 g/mol. The third-order valence-electron chi connectivity index (χ3n) is 4.02. The van der Waals surface area contributed by atoms with Crippen LogP contribution in [0.1, 0.15) is 0 Å². The van der Waals surface area contributed by atoms with E-state index in [0.29, 0.717) is 16.5 Å². The van der Waals surface area contributed by atoms with Crippen LogP contribution in [0.15, 0.2) is 52.3 Å². The Hall–Kier alpha value is -2.87. The van der Waals surface area contributed by atoms with E-state index >= 15 is 0 Å². The summed E-state index contributed by atoms with van der Waals surface area (Å²) in [6, 6.07) is 8.17. The van der Waals surface area contributed by atoms with Crippen molar-refractivity contribution in [1.82, 2.24) is 0 Å². The highest BCUT2D eigenvalue weighted by molar-refractivity contribution is 7.92. The summed E-state index contributed by atoms with van der Waals surface area (Å²) in [6.45, 7) is 0.